The number of amides is 1. The highest BCUT2D eigenvalue weighted by Gasteiger charge is 2.43. The second kappa shape index (κ2) is 6.76. The minimum Gasteiger partial charge on any atom is -0.337 e. The topological polar surface area (TPSA) is 78.7 Å². The largest absolute Gasteiger partial charge is 0.451 e. The molecule has 1 saturated carbocycles. The van der Waals surface area contributed by atoms with Gasteiger partial charge in [-0.3, -0.25) is 4.79 Å². The molecule has 0 aliphatic heterocycles. The Kier molecular flexibility index (Phi) is 4.80. The summed E-state index contributed by atoms with van der Waals surface area (Å²) in [7, 11) is 0. The molecule has 3 rings (SSSR count). The van der Waals surface area contributed by atoms with Gasteiger partial charge in [0.05, 0.1) is 17.3 Å². The summed E-state index contributed by atoms with van der Waals surface area (Å²) in [6.45, 7) is 1.66. The molecule has 1 N–H and O–H groups in total. The SMILES string of the molecule is C[C@](C#N)(NC(=O)CSc1nc(C(F)(F)F)nc2ccccc12)C1CC1. The lowest BCUT2D eigenvalue weighted by atomic mass is 9.98. The standard InChI is InChI=1S/C17H15F3N4OS/c1-16(9-21,10-6-7-10)24-13(25)8-26-14-11-4-2-3-5-12(11)22-15(23-14)17(18,19)20/h2-5,10H,6-8H2,1H3,(H,24,25)/t16-/m1/s1. The Balaban J connectivity index is 1.80. The molecular formula is C17H15F3N4OS. The van der Waals surface area contributed by atoms with E-state index in [0.29, 0.717) is 5.39 Å². The van der Waals surface area contributed by atoms with Crippen LogP contribution < -0.4 is 5.32 Å². The lowest BCUT2D eigenvalue weighted by Crippen LogP contribution is -2.47. The van der Waals surface area contributed by atoms with Gasteiger partial charge in [-0.15, -0.1) is 0 Å². The summed E-state index contributed by atoms with van der Waals surface area (Å²) in [6.07, 6.45) is -2.92. The van der Waals surface area contributed by atoms with Crippen molar-refractivity contribution in [2.24, 2.45) is 5.92 Å². The molecule has 5 nitrogen and oxygen atoms in total. The Hall–Kier alpha value is -2.34. The third kappa shape index (κ3) is 3.90. The van der Waals surface area contributed by atoms with Crippen LogP contribution in [0.5, 0.6) is 0 Å². The molecule has 1 aliphatic carbocycles. The van der Waals surface area contributed by atoms with E-state index >= 15 is 0 Å². The number of rotatable bonds is 5. The predicted octanol–water partition coefficient (Wildman–Crippen LogP) is 3.55. The molecule has 0 unspecified atom stereocenters. The van der Waals surface area contributed by atoms with Crippen LogP contribution in [0.2, 0.25) is 0 Å². The van der Waals surface area contributed by atoms with Crippen molar-refractivity contribution in [2.75, 3.05) is 5.75 Å². The fraction of sp³-hybridized carbons (Fsp3) is 0.412. The van der Waals surface area contributed by atoms with E-state index in [0.717, 1.165) is 24.6 Å². The van der Waals surface area contributed by atoms with E-state index < -0.39 is 23.4 Å². The number of halogens is 3. The summed E-state index contributed by atoms with van der Waals surface area (Å²) in [5, 5.41) is 12.5. The molecule has 0 spiro atoms. The van der Waals surface area contributed by atoms with Crippen molar-refractivity contribution < 1.29 is 18.0 Å². The van der Waals surface area contributed by atoms with E-state index in [1.807, 2.05) is 0 Å². The van der Waals surface area contributed by atoms with Crippen LogP contribution in [-0.4, -0.2) is 27.2 Å². The molecule has 26 heavy (non-hydrogen) atoms. The number of fused-ring (bicyclic) bond motifs is 1. The minimum atomic E-state index is -4.67. The van der Waals surface area contributed by atoms with Crippen molar-refractivity contribution in [1.82, 2.24) is 15.3 Å². The summed E-state index contributed by atoms with van der Waals surface area (Å²) >= 11 is 0.899. The zero-order valence-corrected chi connectivity index (χ0v) is 14.6. The predicted molar refractivity (Wildman–Crippen MR) is 90.1 cm³/mol. The number of carbonyl (C=O) groups excluding carboxylic acids is 1. The Morgan fingerprint density at radius 1 is 1.35 bits per heavy atom. The summed E-state index contributed by atoms with van der Waals surface area (Å²) in [4.78, 5) is 19.3. The Labute approximate surface area is 152 Å². The maximum atomic E-state index is 13.0. The highest BCUT2D eigenvalue weighted by atomic mass is 32.2. The molecular weight excluding hydrogens is 365 g/mol. The van der Waals surface area contributed by atoms with Crippen molar-refractivity contribution in [3.8, 4) is 6.07 Å². The quantitative estimate of drug-likeness (QED) is 0.634. The van der Waals surface area contributed by atoms with Gasteiger partial charge >= 0.3 is 6.18 Å². The normalized spacial score (nSPS) is 16.7. The van der Waals surface area contributed by atoms with Crippen molar-refractivity contribution in [1.29, 1.82) is 5.26 Å². The van der Waals surface area contributed by atoms with Crippen molar-refractivity contribution in [3.05, 3.63) is 30.1 Å². The van der Waals surface area contributed by atoms with Crippen LogP contribution in [0.25, 0.3) is 10.9 Å². The van der Waals surface area contributed by atoms with E-state index in [-0.39, 0.29) is 22.2 Å². The average Bonchev–Trinajstić information content (AvgIpc) is 3.44. The smallest absolute Gasteiger partial charge is 0.337 e. The first-order chi connectivity index (χ1) is 12.2. The van der Waals surface area contributed by atoms with Gasteiger partial charge in [-0.05, 0) is 31.7 Å². The lowest BCUT2D eigenvalue weighted by molar-refractivity contribution is -0.145. The molecule has 9 heteroatoms. The molecule has 1 heterocycles. The fourth-order valence-electron chi connectivity index (χ4n) is 2.63. The van der Waals surface area contributed by atoms with Crippen molar-refractivity contribution in [3.63, 3.8) is 0 Å². The van der Waals surface area contributed by atoms with Gasteiger partial charge in [0.25, 0.3) is 0 Å². The van der Waals surface area contributed by atoms with Gasteiger partial charge in [0.15, 0.2) is 0 Å². The second-order valence-electron chi connectivity index (χ2n) is 6.29. The Morgan fingerprint density at radius 2 is 2.04 bits per heavy atom. The number of para-hydroxylation sites is 1. The van der Waals surface area contributed by atoms with E-state index in [2.05, 4.69) is 21.4 Å². The minimum absolute atomic E-state index is 0.0863. The summed E-state index contributed by atoms with van der Waals surface area (Å²) in [6, 6.07) is 8.45. The van der Waals surface area contributed by atoms with Gasteiger partial charge < -0.3 is 5.32 Å². The van der Waals surface area contributed by atoms with Gasteiger partial charge in [0, 0.05) is 5.39 Å². The number of hydrogen-bond donors (Lipinski definition) is 1. The molecule has 1 fully saturated rings. The van der Waals surface area contributed by atoms with Gasteiger partial charge in [-0.25, -0.2) is 9.97 Å². The zero-order chi connectivity index (χ0) is 18.9. The van der Waals surface area contributed by atoms with E-state index in [9.17, 15) is 23.2 Å². The third-order valence-corrected chi connectivity index (χ3v) is 5.18. The number of benzene rings is 1. The van der Waals surface area contributed by atoms with Gasteiger partial charge in [-0.1, -0.05) is 30.0 Å². The number of aromatic nitrogens is 2. The van der Waals surface area contributed by atoms with E-state index in [1.54, 1.807) is 25.1 Å². The number of nitrogens with one attached hydrogen (secondary N) is 1. The number of nitriles is 1. The monoisotopic (exact) mass is 380 g/mol. The molecule has 0 saturated heterocycles. The molecule has 1 aromatic carbocycles. The number of thioether (sulfide) groups is 1. The van der Waals surface area contributed by atoms with Gasteiger partial charge in [0.2, 0.25) is 11.7 Å². The van der Waals surface area contributed by atoms with Crippen molar-refractivity contribution >= 4 is 28.6 Å². The van der Waals surface area contributed by atoms with Crippen LogP contribution >= 0.6 is 11.8 Å². The third-order valence-electron chi connectivity index (χ3n) is 4.19. The summed E-state index contributed by atoms with van der Waals surface area (Å²) in [5.41, 5.74) is -0.778. The first kappa shape index (κ1) is 18.5. The second-order valence-corrected chi connectivity index (χ2v) is 7.26. The Morgan fingerprint density at radius 3 is 2.65 bits per heavy atom. The Bertz CT molecular complexity index is 892. The van der Waals surface area contributed by atoms with Crippen LogP contribution in [0.3, 0.4) is 0 Å². The van der Waals surface area contributed by atoms with Crippen LogP contribution in [0, 0.1) is 17.2 Å². The highest BCUT2D eigenvalue weighted by Crippen LogP contribution is 2.39. The lowest BCUT2D eigenvalue weighted by Gasteiger charge is -2.22. The van der Waals surface area contributed by atoms with Crippen molar-refractivity contribution in [2.45, 2.75) is 36.5 Å². The van der Waals surface area contributed by atoms with Crippen LogP contribution in [0.4, 0.5) is 13.2 Å². The van der Waals surface area contributed by atoms with Crippen LogP contribution in [0.15, 0.2) is 29.3 Å². The summed E-state index contributed by atoms with van der Waals surface area (Å²) in [5.74, 6) is -1.67. The van der Waals surface area contributed by atoms with Crippen LogP contribution in [-0.2, 0) is 11.0 Å². The van der Waals surface area contributed by atoms with Crippen LogP contribution in [0.1, 0.15) is 25.6 Å². The number of nitrogens with zero attached hydrogens (tertiary/aromatic N) is 3. The summed E-state index contributed by atoms with van der Waals surface area (Å²) < 4.78 is 39.0. The molecule has 0 bridgehead atoms. The highest BCUT2D eigenvalue weighted by molar-refractivity contribution is 8.00. The number of hydrogen-bond acceptors (Lipinski definition) is 5. The zero-order valence-electron chi connectivity index (χ0n) is 13.8. The van der Waals surface area contributed by atoms with Gasteiger partial charge in [0.1, 0.15) is 10.6 Å². The maximum Gasteiger partial charge on any atom is 0.451 e. The van der Waals surface area contributed by atoms with Gasteiger partial charge in [-0.2, -0.15) is 18.4 Å². The molecule has 1 atom stereocenters. The average molecular weight is 380 g/mol. The number of alkyl halides is 3. The molecule has 2 aromatic rings. The first-order valence-electron chi connectivity index (χ1n) is 7.92. The number of carbonyl (C=O) groups is 1. The first-order valence-corrected chi connectivity index (χ1v) is 8.90. The molecule has 1 aromatic heterocycles. The van der Waals surface area contributed by atoms with E-state index in [4.69, 9.17) is 0 Å². The molecule has 1 amide bonds. The molecule has 1 aliphatic rings. The maximum absolute atomic E-state index is 13.0. The van der Waals surface area contributed by atoms with E-state index in [1.165, 1.54) is 6.07 Å². The molecule has 136 valence electrons. The fourth-order valence-corrected chi connectivity index (χ4v) is 3.44. The molecule has 0 radical (unpaired) electrons.